The van der Waals surface area contributed by atoms with E-state index in [-0.39, 0.29) is 61.9 Å². The predicted molar refractivity (Wildman–Crippen MR) is 466 cm³/mol. The van der Waals surface area contributed by atoms with Crippen LogP contribution in [0.15, 0.2) is 275 Å². The number of oxazole rings is 3. The highest BCUT2D eigenvalue weighted by molar-refractivity contribution is 7.17. The Balaban J connectivity index is 0.000000142. The van der Waals surface area contributed by atoms with Crippen LogP contribution in [0.1, 0.15) is 79.8 Å². The van der Waals surface area contributed by atoms with Gasteiger partial charge in [-0.15, -0.1) is 0 Å². The van der Waals surface area contributed by atoms with E-state index < -0.39 is 124 Å². The number of benzene rings is 8. The molecular formula is C91H71N3O32S3. The van der Waals surface area contributed by atoms with Crippen LogP contribution in [0.25, 0.3) is 75.3 Å². The van der Waals surface area contributed by atoms with Gasteiger partial charge >= 0.3 is 91.8 Å². The number of nitrogens with one attached hydrogen (secondary N) is 3. The number of fused-ring (bicyclic) bond motifs is 7. The third-order valence-electron chi connectivity index (χ3n) is 18.7. The third-order valence-corrected chi connectivity index (χ3v) is 21.2. The lowest BCUT2D eigenvalue weighted by Gasteiger charge is -2.30. The van der Waals surface area contributed by atoms with Crippen LogP contribution in [0.2, 0.25) is 0 Å². The molecule has 6 unspecified atom stereocenters. The van der Waals surface area contributed by atoms with Crippen molar-refractivity contribution < 1.29 is 122 Å². The molecule has 0 radical (unpaired) electrons. The summed E-state index contributed by atoms with van der Waals surface area (Å²) in [6.07, 6.45) is -0.689. The van der Waals surface area contributed by atoms with Crippen LogP contribution < -0.4 is 60.5 Å². The first kappa shape index (κ1) is 92.0. The topological polar surface area (TPSA) is 492 Å². The van der Waals surface area contributed by atoms with E-state index in [4.69, 9.17) is 64.4 Å². The molecule has 3 fully saturated rings. The molecule has 3 aliphatic rings. The number of allylic oxidation sites excluding steroid dienone is 2. The Morgan fingerprint density at radius 2 is 0.767 bits per heavy atom. The normalized spacial score (nSPS) is 15.2. The molecule has 0 spiro atoms. The van der Waals surface area contributed by atoms with Crippen molar-refractivity contribution in [2.45, 2.75) is 60.2 Å². The minimum atomic E-state index is -0.775. The Kier molecular flexibility index (Phi) is 28.6. The number of carbonyl (C=O) groups is 10. The van der Waals surface area contributed by atoms with Crippen LogP contribution in [0.5, 0.6) is 34.5 Å². The fourth-order valence-corrected chi connectivity index (χ4v) is 14.8. The lowest BCUT2D eigenvalue weighted by Crippen LogP contribution is -2.44. The van der Waals surface area contributed by atoms with Gasteiger partial charge in [-0.1, -0.05) is 104 Å². The standard InChI is InChI=1S/C20H17NO8.C17H13NO4.C17H12O4S.C13H11NO6.C13H10O6S.C11H8O4S/c1-7(2)17(22)28-15-9-6-10-14(19(24)29-16(10)15)13(9)18(23)26-8-3-4-11-12(5-8)27-20(25)21-11;1-10(2)11-3-5-12(6-4-11)16(19)21-13-7-8-14-15(9-13)22-17(20)18-14;1-10(2)11-3-5-12(6-4-11)16(18)20-13-7-8-15-14(9-13)21-17(19)22-15;1-7(2)12(16)18-6-11(15)19-8-3-4-9-10(5-8)20-13(17)14-9;1-7(2)12(15)17-6-11(14)18-8-3-4-10-9(5-8)19-13(16)20-10;1-6(2)10(12)14-7-4-3-5-8-9(7)16-11(13)15-8/h3-5,9-10,13-16H,1,6H2,2H3,(H,21,25);3-9H,1H2,2H3,(H,18,20);3-9H,1H2,2H3;3-5H,1,6H2,2H3,(H,14,17);3-5H,1,6H2,2H3;3-5H,1H2,2H3. The van der Waals surface area contributed by atoms with Gasteiger partial charge in [0.15, 0.2) is 52.5 Å². The molecule has 14 aromatic rings. The zero-order valence-electron chi connectivity index (χ0n) is 68.6. The molecule has 129 heavy (non-hydrogen) atoms. The molecule has 1 saturated heterocycles. The monoisotopic (exact) mass is 1810 g/mol. The summed E-state index contributed by atoms with van der Waals surface area (Å²) in [6.45, 7) is 30.3. The summed E-state index contributed by atoms with van der Waals surface area (Å²) < 4.78 is 82.7. The number of hydrogen-bond donors (Lipinski definition) is 3. The summed E-state index contributed by atoms with van der Waals surface area (Å²) in [4.78, 5) is 191. The fourth-order valence-electron chi connectivity index (χ4n) is 12.7. The number of aromatic nitrogens is 3. The van der Waals surface area contributed by atoms with E-state index in [9.17, 15) is 76.7 Å². The number of esters is 10. The number of ether oxygens (including phenoxy) is 10. The Hall–Kier alpha value is -16.2. The van der Waals surface area contributed by atoms with Gasteiger partial charge in [0, 0.05) is 64.5 Å². The molecule has 8 aromatic carbocycles. The Morgan fingerprint density at radius 1 is 0.388 bits per heavy atom. The molecule has 3 N–H and O–H groups in total. The van der Waals surface area contributed by atoms with E-state index in [2.05, 4.69) is 63.9 Å². The van der Waals surface area contributed by atoms with Crippen molar-refractivity contribution in [2.75, 3.05) is 13.2 Å². The molecule has 6 aromatic heterocycles. The first-order valence-corrected chi connectivity index (χ1v) is 40.5. The largest absolute Gasteiger partial charge is 0.458 e. The predicted octanol–water partition coefficient (Wildman–Crippen LogP) is 14.2. The van der Waals surface area contributed by atoms with Crippen molar-refractivity contribution in [2.24, 2.45) is 23.7 Å². The molecule has 6 atom stereocenters. The summed E-state index contributed by atoms with van der Waals surface area (Å²) in [5.41, 5.74) is 9.11. The second-order valence-corrected chi connectivity index (χ2v) is 31.5. The second kappa shape index (κ2) is 40.2. The molecule has 660 valence electrons. The Labute approximate surface area is 735 Å². The van der Waals surface area contributed by atoms with Gasteiger partial charge in [-0.2, -0.15) is 0 Å². The molecule has 17 rings (SSSR count). The fraction of sp³-hybridized carbons (Fsp3) is 0.165. The van der Waals surface area contributed by atoms with E-state index >= 15 is 0 Å². The number of rotatable bonds is 20. The Bertz CT molecular complexity index is 6980. The quantitative estimate of drug-likeness (QED) is 0.0276. The van der Waals surface area contributed by atoms with Gasteiger partial charge in [0.25, 0.3) is 0 Å². The highest BCUT2D eigenvalue weighted by Crippen LogP contribution is 2.59. The van der Waals surface area contributed by atoms with E-state index in [0.717, 1.165) is 61.0 Å². The van der Waals surface area contributed by atoms with Crippen LogP contribution >= 0.6 is 34.0 Å². The summed E-state index contributed by atoms with van der Waals surface area (Å²) in [5, 5.41) is 0. The number of carbonyl (C=O) groups excluding carboxylic acids is 10. The van der Waals surface area contributed by atoms with E-state index in [1.807, 2.05) is 38.1 Å². The van der Waals surface area contributed by atoms with Crippen molar-refractivity contribution in [3.63, 3.8) is 0 Å². The van der Waals surface area contributed by atoms with Gasteiger partial charge in [-0.3, -0.25) is 24.5 Å². The first-order valence-electron chi connectivity index (χ1n) is 38.1. The summed E-state index contributed by atoms with van der Waals surface area (Å²) >= 11 is 2.87. The molecule has 38 heteroatoms. The van der Waals surface area contributed by atoms with Gasteiger partial charge in [0.2, 0.25) is 0 Å². The summed E-state index contributed by atoms with van der Waals surface area (Å²) in [5.74, 6) is -8.11. The van der Waals surface area contributed by atoms with Crippen molar-refractivity contribution in [1.29, 1.82) is 0 Å². The molecule has 7 heterocycles. The van der Waals surface area contributed by atoms with Gasteiger partial charge in [-0.25, -0.2) is 67.1 Å². The highest BCUT2D eigenvalue weighted by atomic mass is 32.1. The van der Waals surface area contributed by atoms with Crippen LogP contribution in [-0.4, -0.2) is 100 Å². The van der Waals surface area contributed by atoms with Crippen LogP contribution in [-0.2, 0) is 57.3 Å². The van der Waals surface area contributed by atoms with Gasteiger partial charge in [0.1, 0.15) is 45.7 Å². The highest BCUT2D eigenvalue weighted by Gasteiger charge is 2.70. The van der Waals surface area contributed by atoms with Gasteiger partial charge < -0.3 is 73.9 Å². The van der Waals surface area contributed by atoms with E-state index in [1.165, 1.54) is 75.4 Å². The first-order chi connectivity index (χ1) is 61.4. The average molecular weight is 1810 g/mol. The SMILES string of the molecule is C=C(C)C(=O)OC1C2CC3C1OC(=O)C3C2C(=O)Oc1ccc2[nH]c(=O)oc2c1.C=C(C)C(=O)OCC(=O)Oc1ccc2[nH]c(=O)oc2c1.C=C(C)C(=O)OCC(=O)Oc1ccc2sc(=O)oc2c1.C=C(C)C(=O)Oc1cccc2oc(=O)sc12.C=C(C)c1ccc(C(=O)Oc2ccc3[nH]c(=O)oc3c2)cc1.C=C(C)c1ccc(C(=O)Oc2ccc3sc(=O)oc3c2)cc1. The molecule has 2 saturated carbocycles. The molecular weight excluding hydrogens is 1740 g/mol. The number of aromatic amines is 3. The molecule has 1 aliphatic heterocycles. The minimum Gasteiger partial charge on any atom is -0.458 e. The van der Waals surface area contributed by atoms with Gasteiger partial charge in [-0.05, 0) is 167 Å². The van der Waals surface area contributed by atoms with Crippen molar-refractivity contribution >= 4 is 169 Å². The maximum Gasteiger partial charge on any atom is 0.417 e. The van der Waals surface area contributed by atoms with Crippen molar-refractivity contribution in [3.8, 4) is 34.5 Å². The maximum atomic E-state index is 13.0. The molecule has 35 nitrogen and oxygen atoms in total. The van der Waals surface area contributed by atoms with Gasteiger partial charge in [0.05, 0.1) is 48.9 Å². The maximum absolute atomic E-state index is 13.0. The van der Waals surface area contributed by atoms with Crippen LogP contribution in [0.4, 0.5) is 0 Å². The molecule has 0 amide bonds. The summed E-state index contributed by atoms with van der Waals surface area (Å²) in [7, 11) is 0. The van der Waals surface area contributed by atoms with Crippen molar-refractivity contribution in [3.05, 3.63) is 303 Å². The third kappa shape index (κ3) is 23.2. The van der Waals surface area contributed by atoms with Crippen molar-refractivity contribution in [1.82, 2.24) is 15.0 Å². The molecule has 2 aliphatic carbocycles. The Morgan fingerprint density at radius 3 is 1.19 bits per heavy atom. The molecule has 2 bridgehead atoms. The average Bonchev–Trinajstić information content (AvgIpc) is 1.54. The second-order valence-electron chi connectivity index (χ2n) is 28.6. The van der Waals surface area contributed by atoms with E-state index in [1.54, 1.807) is 85.8 Å². The van der Waals surface area contributed by atoms with Crippen LogP contribution in [0, 0.1) is 23.7 Å². The number of H-pyrrole nitrogens is 3. The smallest absolute Gasteiger partial charge is 0.417 e. The lowest BCUT2D eigenvalue weighted by molar-refractivity contribution is -0.160. The zero-order valence-corrected chi connectivity index (χ0v) is 71.1. The van der Waals surface area contributed by atoms with E-state index in [0.29, 0.717) is 88.7 Å². The summed E-state index contributed by atoms with van der Waals surface area (Å²) in [6, 6.07) is 41.9. The lowest BCUT2D eigenvalue weighted by atomic mass is 9.78. The zero-order chi connectivity index (χ0) is 92.9. The minimum absolute atomic E-state index is 0.177. The number of hydrogen-bond acceptors (Lipinski definition) is 35. The van der Waals surface area contributed by atoms with Crippen LogP contribution in [0.3, 0.4) is 0 Å².